The summed E-state index contributed by atoms with van der Waals surface area (Å²) in [5.74, 6) is -0.469. The SMILES string of the molecule is CCC1CC=C(CCCCC2CCC(C3CCC(C(F)(F)Oc4ccc(F)c(F)c4)CC3)CC2)CC1. The molecule has 3 aliphatic rings. The van der Waals surface area contributed by atoms with Crippen LogP contribution in [0.25, 0.3) is 0 Å². The highest BCUT2D eigenvalue weighted by atomic mass is 19.3. The van der Waals surface area contributed by atoms with E-state index in [2.05, 4.69) is 13.0 Å². The van der Waals surface area contributed by atoms with Crippen molar-refractivity contribution in [2.75, 3.05) is 0 Å². The third kappa shape index (κ3) is 7.51. The first kappa shape index (κ1) is 27.5. The molecule has 3 aliphatic carbocycles. The van der Waals surface area contributed by atoms with Crippen molar-refractivity contribution < 1.29 is 22.3 Å². The van der Waals surface area contributed by atoms with Crippen molar-refractivity contribution in [3.05, 3.63) is 41.5 Å². The molecule has 202 valence electrons. The van der Waals surface area contributed by atoms with Gasteiger partial charge in [0.1, 0.15) is 5.75 Å². The highest BCUT2D eigenvalue weighted by Gasteiger charge is 2.45. The molecule has 0 radical (unpaired) electrons. The van der Waals surface area contributed by atoms with Gasteiger partial charge in [0.2, 0.25) is 0 Å². The minimum absolute atomic E-state index is 0.319. The van der Waals surface area contributed by atoms with Crippen LogP contribution in [-0.4, -0.2) is 6.11 Å². The predicted octanol–water partition coefficient (Wildman–Crippen LogP) is 10.2. The van der Waals surface area contributed by atoms with Gasteiger partial charge >= 0.3 is 6.11 Å². The number of hydrogen-bond acceptors (Lipinski definition) is 1. The van der Waals surface area contributed by atoms with Crippen molar-refractivity contribution in [3.63, 3.8) is 0 Å². The van der Waals surface area contributed by atoms with Crippen molar-refractivity contribution in [3.8, 4) is 5.75 Å². The second-order valence-corrected chi connectivity index (χ2v) is 11.8. The Morgan fingerprint density at radius 3 is 2.14 bits per heavy atom. The topological polar surface area (TPSA) is 9.23 Å². The summed E-state index contributed by atoms with van der Waals surface area (Å²) in [6.45, 7) is 2.30. The van der Waals surface area contributed by atoms with Crippen LogP contribution in [0.15, 0.2) is 29.8 Å². The molecule has 1 aromatic carbocycles. The predicted molar refractivity (Wildman–Crippen MR) is 137 cm³/mol. The van der Waals surface area contributed by atoms with Crippen molar-refractivity contribution in [1.82, 2.24) is 0 Å². The summed E-state index contributed by atoms with van der Waals surface area (Å²) in [7, 11) is 0. The molecule has 0 amide bonds. The lowest BCUT2D eigenvalue weighted by Gasteiger charge is -2.39. The van der Waals surface area contributed by atoms with Crippen LogP contribution < -0.4 is 4.74 Å². The third-order valence-corrected chi connectivity index (χ3v) is 9.50. The van der Waals surface area contributed by atoms with Gasteiger partial charge in [-0.25, -0.2) is 8.78 Å². The molecule has 0 heterocycles. The minimum atomic E-state index is -3.36. The molecule has 2 saturated carbocycles. The van der Waals surface area contributed by atoms with Gasteiger partial charge < -0.3 is 4.74 Å². The van der Waals surface area contributed by atoms with Crippen LogP contribution in [0, 0.1) is 41.2 Å². The lowest BCUT2D eigenvalue weighted by atomic mass is 9.68. The van der Waals surface area contributed by atoms with Gasteiger partial charge in [-0.3, -0.25) is 0 Å². The summed E-state index contributed by atoms with van der Waals surface area (Å²) in [4.78, 5) is 0. The lowest BCUT2D eigenvalue weighted by Crippen LogP contribution is -2.38. The summed E-state index contributed by atoms with van der Waals surface area (Å²) in [6, 6.07) is 2.58. The standard InChI is InChI=1S/C31H44F4O/c1-2-22-7-9-23(10-8-22)5-3-4-6-24-11-13-25(14-12-24)26-15-17-27(18-16-26)31(34,35)36-28-19-20-29(32)30(33)21-28/h9,19-22,24-27H,2-8,10-18H2,1H3. The zero-order valence-corrected chi connectivity index (χ0v) is 21.9. The molecule has 0 aliphatic heterocycles. The minimum Gasteiger partial charge on any atom is -0.432 e. The van der Waals surface area contributed by atoms with E-state index < -0.39 is 23.7 Å². The van der Waals surface area contributed by atoms with E-state index in [4.69, 9.17) is 4.74 Å². The van der Waals surface area contributed by atoms with Crippen molar-refractivity contribution in [2.45, 2.75) is 116 Å². The first-order chi connectivity index (χ1) is 17.3. The molecule has 0 spiro atoms. The van der Waals surface area contributed by atoms with Gasteiger partial charge in [-0.05, 0) is 106 Å². The molecular weight excluding hydrogens is 464 g/mol. The number of halogens is 4. The van der Waals surface area contributed by atoms with E-state index in [1.807, 2.05) is 0 Å². The maximum atomic E-state index is 14.7. The van der Waals surface area contributed by atoms with Crippen LogP contribution in [0.3, 0.4) is 0 Å². The summed E-state index contributed by atoms with van der Waals surface area (Å²) >= 11 is 0. The van der Waals surface area contributed by atoms with Gasteiger partial charge in [-0.15, -0.1) is 0 Å². The Balaban J connectivity index is 1.12. The molecule has 5 heteroatoms. The second kappa shape index (κ2) is 12.8. The first-order valence-electron chi connectivity index (χ1n) is 14.5. The number of benzene rings is 1. The summed E-state index contributed by atoms with van der Waals surface area (Å²) in [5, 5.41) is 0. The van der Waals surface area contributed by atoms with Crippen LogP contribution in [0.5, 0.6) is 5.75 Å². The maximum absolute atomic E-state index is 14.7. The van der Waals surface area contributed by atoms with E-state index in [1.54, 1.807) is 5.57 Å². The highest BCUT2D eigenvalue weighted by molar-refractivity contribution is 5.24. The number of rotatable bonds is 10. The molecule has 1 unspecified atom stereocenters. The summed E-state index contributed by atoms with van der Waals surface area (Å²) in [6.07, 6.45) is 17.3. The van der Waals surface area contributed by atoms with Gasteiger partial charge in [0.05, 0.1) is 5.92 Å². The van der Waals surface area contributed by atoms with Gasteiger partial charge in [0, 0.05) is 6.07 Å². The maximum Gasteiger partial charge on any atom is 0.400 e. The molecule has 1 aromatic rings. The Kier molecular flexibility index (Phi) is 9.80. The van der Waals surface area contributed by atoms with Crippen LogP contribution >= 0.6 is 0 Å². The van der Waals surface area contributed by atoms with Gasteiger partial charge in [-0.1, -0.05) is 50.7 Å². The first-order valence-corrected chi connectivity index (χ1v) is 14.5. The molecule has 2 fully saturated rings. The number of allylic oxidation sites excluding steroid dienone is 2. The Morgan fingerprint density at radius 2 is 1.53 bits per heavy atom. The molecule has 4 rings (SSSR count). The van der Waals surface area contributed by atoms with E-state index in [0.29, 0.717) is 30.7 Å². The van der Waals surface area contributed by atoms with Gasteiger partial charge in [0.15, 0.2) is 11.6 Å². The van der Waals surface area contributed by atoms with E-state index in [0.717, 1.165) is 36.8 Å². The molecule has 0 saturated heterocycles. The molecular formula is C31H44F4O. The second-order valence-electron chi connectivity index (χ2n) is 11.8. The molecule has 0 N–H and O–H groups in total. The summed E-state index contributed by atoms with van der Waals surface area (Å²) in [5.41, 5.74) is 1.69. The fourth-order valence-electron chi connectivity index (χ4n) is 6.98. The quantitative estimate of drug-likeness (QED) is 0.173. The largest absolute Gasteiger partial charge is 0.432 e. The highest BCUT2D eigenvalue weighted by Crippen LogP contribution is 2.46. The monoisotopic (exact) mass is 508 g/mol. The van der Waals surface area contributed by atoms with Gasteiger partial charge in [-0.2, -0.15) is 8.78 Å². The Bertz CT molecular complexity index is 850. The molecule has 0 aromatic heterocycles. The smallest absolute Gasteiger partial charge is 0.400 e. The van der Waals surface area contributed by atoms with E-state index in [-0.39, 0.29) is 5.75 Å². The van der Waals surface area contributed by atoms with Crippen molar-refractivity contribution in [2.24, 2.45) is 29.6 Å². The zero-order chi connectivity index (χ0) is 25.5. The molecule has 0 bridgehead atoms. The van der Waals surface area contributed by atoms with Crippen LogP contribution in [0.2, 0.25) is 0 Å². The number of ether oxygens (including phenoxy) is 1. The van der Waals surface area contributed by atoms with Crippen molar-refractivity contribution >= 4 is 0 Å². The lowest BCUT2D eigenvalue weighted by molar-refractivity contribution is -0.224. The molecule has 1 nitrogen and oxygen atoms in total. The normalized spacial score (nSPS) is 29.6. The Hall–Kier alpha value is -1.52. The Morgan fingerprint density at radius 1 is 0.833 bits per heavy atom. The van der Waals surface area contributed by atoms with Crippen LogP contribution in [0.1, 0.15) is 110 Å². The van der Waals surface area contributed by atoms with Crippen LogP contribution in [0.4, 0.5) is 17.6 Å². The van der Waals surface area contributed by atoms with Gasteiger partial charge in [0.25, 0.3) is 0 Å². The molecule has 1 atom stereocenters. The zero-order valence-electron chi connectivity index (χ0n) is 21.9. The third-order valence-electron chi connectivity index (χ3n) is 9.50. The number of unbranched alkanes of at least 4 members (excludes halogenated alkanes) is 1. The van der Waals surface area contributed by atoms with E-state index in [1.165, 1.54) is 77.0 Å². The molecule has 36 heavy (non-hydrogen) atoms. The van der Waals surface area contributed by atoms with E-state index >= 15 is 0 Å². The number of alkyl halides is 2. The Labute approximate surface area is 215 Å². The van der Waals surface area contributed by atoms with Crippen molar-refractivity contribution in [1.29, 1.82) is 0 Å². The summed E-state index contributed by atoms with van der Waals surface area (Å²) < 4.78 is 60.7. The fourth-order valence-corrected chi connectivity index (χ4v) is 6.98. The van der Waals surface area contributed by atoms with Crippen LogP contribution in [-0.2, 0) is 0 Å². The van der Waals surface area contributed by atoms with E-state index in [9.17, 15) is 17.6 Å². The fraction of sp³-hybridized carbons (Fsp3) is 0.742. The average molecular weight is 509 g/mol. The number of hydrogen-bond donors (Lipinski definition) is 0. The average Bonchev–Trinajstić information content (AvgIpc) is 2.89.